The van der Waals surface area contributed by atoms with Gasteiger partial charge in [0.15, 0.2) is 0 Å². The fourth-order valence-electron chi connectivity index (χ4n) is 2.82. The summed E-state index contributed by atoms with van der Waals surface area (Å²) >= 11 is 6.14. The Bertz CT molecular complexity index is 852. The van der Waals surface area contributed by atoms with Gasteiger partial charge in [0, 0.05) is 11.1 Å². The molecule has 0 saturated carbocycles. The zero-order valence-electron chi connectivity index (χ0n) is 13.9. The van der Waals surface area contributed by atoms with Gasteiger partial charge in [-0.25, -0.2) is 4.98 Å². The van der Waals surface area contributed by atoms with E-state index >= 15 is 0 Å². The maximum absolute atomic E-state index is 6.14. The molecule has 120 valence electrons. The third kappa shape index (κ3) is 3.06. The Morgan fingerprint density at radius 1 is 1.17 bits per heavy atom. The van der Waals surface area contributed by atoms with Crippen LogP contribution >= 0.6 is 11.6 Å². The van der Waals surface area contributed by atoms with Crippen molar-refractivity contribution in [1.82, 2.24) is 9.55 Å². The smallest absolute Gasteiger partial charge is 0.148 e. The van der Waals surface area contributed by atoms with Gasteiger partial charge in [0.25, 0.3) is 0 Å². The van der Waals surface area contributed by atoms with E-state index in [1.165, 1.54) is 11.1 Å². The number of ether oxygens (including phenoxy) is 1. The highest BCUT2D eigenvalue weighted by atomic mass is 35.5. The van der Waals surface area contributed by atoms with E-state index in [0.29, 0.717) is 6.61 Å². The lowest BCUT2D eigenvalue weighted by Crippen LogP contribution is -2.09. The molecule has 3 aromatic rings. The summed E-state index contributed by atoms with van der Waals surface area (Å²) in [6.45, 7) is 8.89. The van der Waals surface area contributed by atoms with Crippen LogP contribution in [0.3, 0.4) is 0 Å². The number of hydrogen-bond acceptors (Lipinski definition) is 2. The van der Waals surface area contributed by atoms with Crippen molar-refractivity contribution in [2.24, 2.45) is 0 Å². The van der Waals surface area contributed by atoms with Crippen molar-refractivity contribution >= 4 is 22.6 Å². The fourth-order valence-corrected chi connectivity index (χ4v) is 2.98. The van der Waals surface area contributed by atoms with Crippen LogP contribution in [0, 0.1) is 13.8 Å². The molecule has 1 aromatic heterocycles. The van der Waals surface area contributed by atoms with Crippen molar-refractivity contribution in [3.63, 3.8) is 0 Å². The molecule has 0 aliphatic heterocycles. The van der Waals surface area contributed by atoms with E-state index in [1.807, 2.05) is 30.3 Å². The number of benzene rings is 2. The molecule has 23 heavy (non-hydrogen) atoms. The molecule has 0 aliphatic carbocycles. The van der Waals surface area contributed by atoms with Crippen LogP contribution in [0.15, 0.2) is 36.4 Å². The van der Waals surface area contributed by atoms with Gasteiger partial charge in [-0.05, 0) is 63.1 Å². The second kappa shape index (κ2) is 6.25. The van der Waals surface area contributed by atoms with Gasteiger partial charge >= 0.3 is 0 Å². The van der Waals surface area contributed by atoms with E-state index in [2.05, 4.69) is 38.3 Å². The first-order chi connectivity index (χ1) is 11.0. The highest BCUT2D eigenvalue weighted by molar-refractivity contribution is 6.31. The van der Waals surface area contributed by atoms with Crippen LogP contribution in [-0.4, -0.2) is 9.55 Å². The predicted molar refractivity (Wildman–Crippen MR) is 95.4 cm³/mol. The molecule has 3 nitrogen and oxygen atoms in total. The third-order valence-electron chi connectivity index (χ3n) is 4.15. The van der Waals surface area contributed by atoms with Gasteiger partial charge in [-0.3, -0.25) is 0 Å². The van der Waals surface area contributed by atoms with Crippen molar-refractivity contribution in [3.05, 3.63) is 58.4 Å². The normalized spacial score (nSPS) is 11.4. The van der Waals surface area contributed by atoms with Crippen molar-refractivity contribution in [3.8, 4) is 5.75 Å². The highest BCUT2D eigenvalue weighted by Crippen LogP contribution is 2.26. The first kappa shape index (κ1) is 15.9. The van der Waals surface area contributed by atoms with E-state index in [-0.39, 0.29) is 6.04 Å². The highest BCUT2D eigenvalue weighted by Gasteiger charge is 2.14. The third-order valence-corrected chi connectivity index (χ3v) is 4.39. The number of hydrogen-bond donors (Lipinski definition) is 0. The molecule has 0 spiro atoms. The predicted octanol–water partition coefficient (Wildman–Crippen LogP) is 5.47. The maximum Gasteiger partial charge on any atom is 0.148 e. The van der Waals surface area contributed by atoms with Crippen LogP contribution in [0.2, 0.25) is 5.02 Å². The summed E-state index contributed by atoms with van der Waals surface area (Å²) in [5, 5.41) is 0.723. The molecular formula is C19H21ClN2O. The second-order valence-corrected chi connectivity index (χ2v) is 6.55. The van der Waals surface area contributed by atoms with Crippen LogP contribution in [0.25, 0.3) is 11.0 Å². The number of halogens is 1. The van der Waals surface area contributed by atoms with Gasteiger partial charge in [-0.15, -0.1) is 0 Å². The largest absolute Gasteiger partial charge is 0.485 e. The van der Waals surface area contributed by atoms with E-state index in [4.69, 9.17) is 21.3 Å². The molecule has 0 fully saturated rings. The number of fused-ring (bicyclic) bond motifs is 1. The molecule has 0 aliphatic rings. The molecule has 0 atom stereocenters. The molecule has 0 bridgehead atoms. The fraction of sp³-hybridized carbons (Fsp3) is 0.316. The number of imidazole rings is 1. The zero-order chi connectivity index (χ0) is 16.6. The first-order valence-corrected chi connectivity index (χ1v) is 8.20. The summed E-state index contributed by atoms with van der Waals surface area (Å²) in [7, 11) is 0. The topological polar surface area (TPSA) is 27.1 Å². The minimum Gasteiger partial charge on any atom is -0.485 e. The molecular weight excluding hydrogens is 308 g/mol. The molecule has 3 rings (SSSR count). The molecule has 2 aromatic carbocycles. The average molecular weight is 329 g/mol. The molecule has 0 saturated heterocycles. The summed E-state index contributed by atoms with van der Waals surface area (Å²) in [4.78, 5) is 4.72. The SMILES string of the molecule is Cc1cccc(OCc2nc3ccc(Cl)cc3n2C(C)C)c1C. The molecule has 0 amide bonds. The Kier molecular flexibility index (Phi) is 4.31. The van der Waals surface area contributed by atoms with E-state index in [9.17, 15) is 0 Å². The molecule has 1 heterocycles. The number of nitrogens with zero attached hydrogens (tertiary/aromatic N) is 2. The average Bonchev–Trinajstić information content (AvgIpc) is 2.86. The van der Waals surface area contributed by atoms with Crippen molar-refractivity contribution in [2.75, 3.05) is 0 Å². The zero-order valence-corrected chi connectivity index (χ0v) is 14.7. The Labute approximate surface area is 141 Å². The Morgan fingerprint density at radius 3 is 2.70 bits per heavy atom. The van der Waals surface area contributed by atoms with Crippen LogP contribution in [0.1, 0.15) is 36.8 Å². The molecule has 0 unspecified atom stereocenters. The van der Waals surface area contributed by atoms with Gasteiger partial charge in [-0.2, -0.15) is 0 Å². The van der Waals surface area contributed by atoms with Crippen LogP contribution < -0.4 is 4.74 Å². The van der Waals surface area contributed by atoms with Gasteiger partial charge in [0.05, 0.1) is 11.0 Å². The summed E-state index contributed by atoms with van der Waals surface area (Å²) in [6.07, 6.45) is 0. The maximum atomic E-state index is 6.14. The molecule has 4 heteroatoms. The Balaban J connectivity index is 1.96. The van der Waals surface area contributed by atoms with Crippen LogP contribution in [0.5, 0.6) is 5.75 Å². The van der Waals surface area contributed by atoms with Gasteiger partial charge in [0.2, 0.25) is 0 Å². The lowest BCUT2D eigenvalue weighted by Gasteiger charge is -2.15. The molecule has 0 N–H and O–H groups in total. The van der Waals surface area contributed by atoms with E-state index < -0.39 is 0 Å². The van der Waals surface area contributed by atoms with E-state index in [0.717, 1.165) is 27.6 Å². The van der Waals surface area contributed by atoms with Crippen molar-refractivity contribution in [2.45, 2.75) is 40.3 Å². The monoisotopic (exact) mass is 328 g/mol. The van der Waals surface area contributed by atoms with Crippen molar-refractivity contribution in [1.29, 1.82) is 0 Å². The van der Waals surface area contributed by atoms with Crippen LogP contribution in [-0.2, 0) is 6.61 Å². The lowest BCUT2D eigenvalue weighted by atomic mass is 10.1. The summed E-state index contributed by atoms with van der Waals surface area (Å²) < 4.78 is 8.22. The quantitative estimate of drug-likeness (QED) is 0.635. The minimum absolute atomic E-state index is 0.288. The van der Waals surface area contributed by atoms with Gasteiger partial charge < -0.3 is 9.30 Å². The molecule has 0 radical (unpaired) electrons. The number of aromatic nitrogens is 2. The van der Waals surface area contributed by atoms with Crippen LogP contribution in [0.4, 0.5) is 0 Å². The number of aryl methyl sites for hydroxylation is 1. The standard InChI is InChI=1S/C19H21ClN2O/c1-12(2)22-17-10-15(20)8-9-16(17)21-19(22)11-23-18-7-5-6-13(3)14(18)4/h5-10,12H,11H2,1-4H3. The Morgan fingerprint density at radius 2 is 1.96 bits per heavy atom. The summed E-state index contributed by atoms with van der Waals surface area (Å²) in [6, 6.07) is 12.2. The van der Waals surface area contributed by atoms with Gasteiger partial charge in [0.1, 0.15) is 18.2 Å². The Hall–Kier alpha value is -2.00. The first-order valence-electron chi connectivity index (χ1n) is 7.82. The van der Waals surface area contributed by atoms with E-state index in [1.54, 1.807) is 0 Å². The summed E-state index contributed by atoms with van der Waals surface area (Å²) in [5.74, 6) is 1.82. The van der Waals surface area contributed by atoms with Crippen molar-refractivity contribution < 1.29 is 4.74 Å². The second-order valence-electron chi connectivity index (χ2n) is 6.11. The minimum atomic E-state index is 0.288. The lowest BCUT2D eigenvalue weighted by molar-refractivity contribution is 0.285. The van der Waals surface area contributed by atoms with Gasteiger partial charge in [-0.1, -0.05) is 23.7 Å². The number of rotatable bonds is 4. The summed E-state index contributed by atoms with van der Waals surface area (Å²) in [5.41, 5.74) is 4.39.